The van der Waals surface area contributed by atoms with Crippen LogP contribution in [0.3, 0.4) is 0 Å². The fourth-order valence-corrected chi connectivity index (χ4v) is 6.31. The second-order valence-electron chi connectivity index (χ2n) is 7.94. The third kappa shape index (κ3) is 3.38. The Hall–Kier alpha value is -1.20. The van der Waals surface area contributed by atoms with Crippen molar-refractivity contribution in [3.8, 4) is 0 Å². The molecule has 2 fully saturated rings. The predicted octanol–water partition coefficient (Wildman–Crippen LogP) is 5.16. The minimum atomic E-state index is -0.0845. The lowest BCUT2D eigenvalue weighted by Crippen LogP contribution is -2.50. The van der Waals surface area contributed by atoms with Crippen LogP contribution in [-0.2, 0) is 0 Å². The maximum absolute atomic E-state index is 10.0. The molecule has 0 aromatic heterocycles. The van der Waals surface area contributed by atoms with Gasteiger partial charge in [-0.25, -0.2) is 0 Å². The summed E-state index contributed by atoms with van der Waals surface area (Å²) >= 11 is 8.15. The number of nitrogens with zero attached hydrogens (tertiary/aromatic N) is 2. The van der Waals surface area contributed by atoms with E-state index >= 15 is 0 Å². The van der Waals surface area contributed by atoms with Crippen molar-refractivity contribution in [2.45, 2.75) is 60.1 Å². The first-order valence-corrected chi connectivity index (χ1v) is 11.2. The van der Waals surface area contributed by atoms with Gasteiger partial charge >= 0.3 is 0 Å². The molecule has 1 N–H and O–H groups in total. The third-order valence-electron chi connectivity index (χ3n) is 6.25. The summed E-state index contributed by atoms with van der Waals surface area (Å²) in [6, 6.07) is 16.0. The van der Waals surface area contributed by atoms with Crippen molar-refractivity contribution in [1.29, 1.82) is 0 Å². The standard InChI is InChI=1S/C22H25ClN2OS/c23-15-6-9-22-20(12-15)25(19-4-1-2-5-21(19)27-22)11-3-10-24-16-7-8-17(24)14-18(26)13-16/h1-2,4-6,9,12,16-18,26H,3,7-8,10-11,13-14H2/q+1. The molecular weight excluding hydrogens is 376 g/mol. The van der Waals surface area contributed by atoms with Gasteiger partial charge in [0.2, 0.25) is 0 Å². The molecule has 2 aromatic rings. The van der Waals surface area contributed by atoms with Gasteiger partial charge in [0.1, 0.15) is 18.6 Å². The highest BCUT2D eigenvalue weighted by Crippen LogP contribution is 2.48. The average molecular weight is 401 g/mol. The fourth-order valence-electron chi connectivity index (χ4n) is 5.07. The molecule has 0 aliphatic carbocycles. The second kappa shape index (κ2) is 7.32. The lowest BCUT2D eigenvalue weighted by Gasteiger charge is -2.33. The van der Waals surface area contributed by atoms with Crippen LogP contribution >= 0.6 is 23.4 Å². The highest BCUT2D eigenvalue weighted by atomic mass is 35.5. The number of aliphatic hydroxyl groups excluding tert-OH is 1. The van der Waals surface area contributed by atoms with E-state index in [0.717, 1.165) is 37.4 Å². The number of aliphatic hydroxyl groups is 1. The highest BCUT2D eigenvalue weighted by molar-refractivity contribution is 7.99. The van der Waals surface area contributed by atoms with Gasteiger partial charge in [0.25, 0.3) is 0 Å². The normalized spacial score (nSPS) is 26.7. The smallest absolute Gasteiger partial charge is 0.135 e. The number of benzene rings is 2. The van der Waals surface area contributed by atoms with Crippen LogP contribution in [0.5, 0.6) is 0 Å². The molecule has 2 saturated heterocycles. The van der Waals surface area contributed by atoms with Crippen LogP contribution in [0.15, 0.2) is 52.3 Å². The molecule has 27 heavy (non-hydrogen) atoms. The van der Waals surface area contributed by atoms with Crippen LogP contribution in [0, 0.1) is 0 Å². The molecule has 1 radical (unpaired) electrons. The van der Waals surface area contributed by atoms with Crippen LogP contribution in [0.1, 0.15) is 32.1 Å². The highest BCUT2D eigenvalue weighted by Gasteiger charge is 2.48. The number of halogens is 1. The summed E-state index contributed by atoms with van der Waals surface area (Å²) in [7, 11) is 0. The van der Waals surface area contributed by atoms with Gasteiger partial charge in [-0.15, -0.1) is 0 Å². The van der Waals surface area contributed by atoms with Gasteiger partial charge in [-0.2, -0.15) is 4.90 Å². The van der Waals surface area contributed by atoms with Gasteiger partial charge in [0.05, 0.1) is 17.5 Å². The molecule has 0 amide bonds. The van der Waals surface area contributed by atoms with Crippen LogP contribution in [0.25, 0.3) is 0 Å². The Labute approximate surface area is 170 Å². The summed E-state index contributed by atoms with van der Waals surface area (Å²) in [6.07, 6.45) is 5.45. The van der Waals surface area contributed by atoms with Gasteiger partial charge in [-0.1, -0.05) is 35.5 Å². The van der Waals surface area contributed by atoms with E-state index in [9.17, 15) is 5.11 Å². The second-order valence-corrected chi connectivity index (χ2v) is 9.46. The number of anilines is 2. The first-order valence-electron chi connectivity index (χ1n) is 9.97. The summed E-state index contributed by atoms with van der Waals surface area (Å²) in [5.74, 6) is 0. The number of para-hydroxylation sites is 1. The zero-order chi connectivity index (χ0) is 18.4. The Morgan fingerprint density at radius 3 is 2.59 bits per heavy atom. The van der Waals surface area contributed by atoms with Crippen molar-refractivity contribution in [3.63, 3.8) is 0 Å². The zero-order valence-electron chi connectivity index (χ0n) is 15.4. The zero-order valence-corrected chi connectivity index (χ0v) is 16.9. The monoisotopic (exact) mass is 400 g/mol. The van der Waals surface area contributed by atoms with Crippen LogP contribution in [-0.4, -0.2) is 36.4 Å². The van der Waals surface area contributed by atoms with Crippen molar-refractivity contribution in [3.05, 3.63) is 47.5 Å². The first kappa shape index (κ1) is 17.9. The summed E-state index contributed by atoms with van der Waals surface area (Å²) in [4.78, 5) is 7.69. The summed E-state index contributed by atoms with van der Waals surface area (Å²) in [6.45, 7) is 2.10. The van der Waals surface area contributed by atoms with E-state index in [2.05, 4.69) is 46.2 Å². The van der Waals surface area contributed by atoms with E-state index in [1.807, 2.05) is 17.8 Å². The van der Waals surface area contributed by atoms with E-state index in [4.69, 9.17) is 11.6 Å². The van der Waals surface area contributed by atoms with Gasteiger partial charge in [0.15, 0.2) is 0 Å². The van der Waals surface area contributed by atoms with Gasteiger partial charge in [0, 0.05) is 53.5 Å². The molecule has 3 aliphatic heterocycles. The van der Waals surface area contributed by atoms with E-state index in [0.29, 0.717) is 12.1 Å². The molecule has 141 valence electrons. The summed E-state index contributed by atoms with van der Waals surface area (Å²) in [5, 5.41) is 10.8. The SMILES string of the molecule is OC1CC2CCC(C1)[N+]2CCCN1c2ccccc2Sc2ccc(Cl)cc21. The molecule has 3 nitrogen and oxygen atoms in total. The largest absolute Gasteiger partial charge is 0.393 e. The quantitative estimate of drug-likeness (QED) is 0.719. The van der Waals surface area contributed by atoms with Gasteiger partial charge in [-0.05, 0) is 30.3 Å². The Balaban J connectivity index is 1.34. The number of hydrogen-bond acceptors (Lipinski definition) is 4. The lowest BCUT2D eigenvalue weighted by atomic mass is 10.00. The van der Waals surface area contributed by atoms with Crippen molar-refractivity contribution < 1.29 is 5.11 Å². The number of piperidine rings is 1. The number of hydrogen-bond donors (Lipinski definition) is 1. The Morgan fingerprint density at radius 1 is 1.04 bits per heavy atom. The first-order chi connectivity index (χ1) is 13.2. The van der Waals surface area contributed by atoms with Gasteiger partial charge in [-0.3, -0.25) is 0 Å². The molecule has 2 aromatic carbocycles. The van der Waals surface area contributed by atoms with Crippen LogP contribution in [0.4, 0.5) is 11.4 Å². The van der Waals surface area contributed by atoms with E-state index in [1.54, 1.807) is 0 Å². The number of rotatable bonds is 4. The molecule has 0 saturated carbocycles. The van der Waals surface area contributed by atoms with Crippen molar-refractivity contribution in [2.24, 2.45) is 0 Å². The average Bonchev–Trinajstić information content (AvgIpc) is 2.91. The minimum Gasteiger partial charge on any atom is -0.393 e. The molecule has 5 rings (SSSR count). The van der Waals surface area contributed by atoms with Crippen LogP contribution in [0.2, 0.25) is 5.02 Å². The Kier molecular flexibility index (Phi) is 4.85. The Morgan fingerprint density at radius 2 is 1.78 bits per heavy atom. The molecule has 2 bridgehead atoms. The predicted molar refractivity (Wildman–Crippen MR) is 113 cm³/mol. The van der Waals surface area contributed by atoms with E-state index in [1.165, 1.54) is 34.0 Å². The maximum atomic E-state index is 10.0. The minimum absolute atomic E-state index is 0.0845. The van der Waals surface area contributed by atoms with Crippen molar-refractivity contribution in [2.75, 3.05) is 18.0 Å². The maximum Gasteiger partial charge on any atom is 0.135 e. The summed E-state index contributed by atoms with van der Waals surface area (Å²) < 4.78 is 0. The van der Waals surface area contributed by atoms with E-state index < -0.39 is 0 Å². The molecule has 0 spiro atoms. The fraction of sp³-hybridized carbons (Fsp3) is 0.455. The molecule has 5 heteroatoms. The summed E-state index contributed by atoms with van der Waals surface area (Å²) in [5.41, 5.74) is 2.51. The Bertz CT molecular complexity index is 831. The van der Waals surface area contributed by atoms with Crippen molar-refractivity contribution >= 4 is 34.7 Å². The van der Waals surface area contributed by atoms with Crippen molar-refractivity contribution in [1.82, 2.24) is 4.90 Å². The molecule has 2 atom stereocenters. The van der Waals surface area contributed by atoms with Gasteiger partial charge < -0.3 is 10.0 Å². The third-order valence-corrected chi connectivity index (χ3v) is 7.61. The van der Waals surface area contributed by atoms with Crippen LogP contribution < -0.4 is 9.80 Å². The van der Waals surface area contributed by atoms with E-state index in [-0.39, 0.29) is 6.10 Å². The topological polar surface area (TPSA) is 29.4 Å². The lowest BCUT2D eigenvalue weighted by molar-refractivity contribution is 0.0788. The molecule has 3 aliphatic rings. The number of fused-ring (bicyclic) bond motifs is 4. The molecule has 2 unspecified atom stereocenters. The molecular formula is C22H25ClN2OS+. The molecule has 3 heterocycles.